The van der Waals surface area contributed by atoms with E-state index >= 15 is 0 Å². The van der Waals surface area contributed by atoms with Crippen LogP contribution in [0.1, 0.15) is 40.3 Å². The predicted molar refractivity (Wildman–Crippen MR) is 167 cm³/mol. The van der Waals surface area contributed by atoms with Crippen molar-refractivity contribution in [3.8, 4) is 11.4 Å². The maximum atomic E-state index is 13.9. The maximum absolute atomic E-state index is 13.9. The number of nitrogens with zero attached hydrogens (tertiary/aromatic N) is 6. The van der Waals surface area contributed by atoms with Crippen LogP contribution in [0, 0.1) is 6.92 Å². The van der Waals surface area contributed by atoms with Crippen molar-refractivity contribution in [2.24, 2.45) is 0 Å². The Morgan fingerprint density at radius 1 is 1.05 bits per heavy atom. The lowest BCUT2D eigenvalue weighted by atomic mass is 10.1. The van der Waals surface area contributed by atoms with Gasteiger partial charge in [-0.25, -0.2) is 15.0 Å². The molecule has 5 aromatic rings. The van der Waals surface area contributed by atoms with Crippen molar-refractivity contribution in [3.05, 3.63) is 111 Å². The molecule has 1 amide bonds. The molecular weight excluding hydrogens is 566 g/mol. The molecule has 10 nitrogen and oxygen atoms in total. The SMILES string of the molecule is COc1ccc(CN2CN(C)C(=O)c3c(N[C@@H](C)c4nc5cccc(Cl)c5c(=O)n4-c4cccc(C)c4)ncnc32)cc1. The van der Waals surface area contributed by atoms with Crippen LogP contribution in [-0.4, -0.2) is 51.2 Å². The molecular formula is C32H30ClN7O3. The number of rotatable bonds is 7. The van der Waals surface area contributed by atoms with Crippen molar-refractivity contribution < 1.29 is 9.53 Å². The fraction of sp³-hybridized carbons (Fsp3) is 0.219. The van der Waals surface area contributed by atoms with Gasteiger partial charge in [0.25, 0.3) is 11.5 Å². The zero-order chi connectivity index (χ0) is 30.2. The first kappa shape index (κ1) is 28.2. The quantitative estimate of drug-likeness (QED) is 0.268. The first-order chi connectivity index (χ1) is 20.7. The molecule has 3 heterocycles. The number of aromatic nitrogens is 4. The van der Waals surface area contributed by atoms with Crippen LogP contribution in [0.5, 0.6) is 5.75 Å². The molecule has 2 aromatic heterocycles. The van der Waals surface area contributed by atoms with Gasteiger partial charge >= 0.3 is 0 Å². The molecule has 6 rings (SSSR count). The van der Waals surface area contributed by atoms with Crippen molar-refractivity contribution >= 4 is 40.0 Å². The Kier molecular flexibility index (Phi) is 7.45. The number of amides is 1. The summed E-state index contributed by atoms with van der Waals surface area (Å²) in [5.41, 5.74) is 3.24. The summed E-state index contributed by atoms with van der Waals surface area (Å²) >= 11 is 6.47. The second kappa shape index (κ2) is 11.4. The smallest absolute Gasteiger partial charge is 0.267 e. The van der Waals surface area contributed by atoms with Crippen molar-refractivity contribution in [1.29, 1.82) is 0 Å². The van der Waals surface area contributed by atoms with E-state index in [0.717, 1.165) is 16.9 Å². The minimum absolute atomic E-state index is 0.203. The normalized spacial score (nSPS) is 13.7. The molecule has 0 saturated carbocycles. The molecule has 218 valence electrons. The first-order valence-electron chi connectivity index (χ1n) is 13.8. The Morgan fingerprint density at radius 2 is 1.81 bits per heavy atom. The Balaban J connectivity index is 1.42. The number of carbonyl (C=O) groups excluding carboxylic acids is 1. The van der Waals surface area contributed by atoms with Crippen LogP contribution in [0.3, 0.4) is 0 Å². The minimum Gasteiger partial charge on any atom is -0.497 e. The Morgan fingerprint density at radius 3 is 2.56 bits per heavy atom. The van der Waals surface area contributed by atoms with Gasteiger partial charge in [-0.15, -0.1) is 0 Å². The average Bonchev–Trinajstić information content (AvgIpc) is 3.00. The van der Waals surface area contributed by atoms with Crippen molar-refractivity contribution in [2.75, 3.05) is 31.0 Å². The monoisotopic (exact) mass is 595 g/mol. The number of ether oxygens (including phenoxy) is 1. The number of halogens is 1. The maximum Gasteiger partial charge on any atom is 0.267 e. The zero-order valence-electron chi connectivity index (χ0n) is 24.2. The second-order valence-electron chi connectivity index (χ2n) is 10.6. The van der Waals surface area contributed by atoms with Gasteiger partial charge in [-0.1, -0.05) is 41.9 Å². The predicted octanol–water partition coefficient (Wildman–Crippen LogP) is 5.37. The third-order valence-corrected chi connectivity index (χ3v) is 7.79. The van der Waals surface area contributed by atoms with Crippen molar-refractivity contribution in [2.45, 2.75) is 26.4 Å². The van der Waals surface area contributed by atoms with Crippen LogP contribution < -0.4 is 20.5 Å². The lowest BCUT2D eigenvalue weighted by Crippen LogP contribution is -2.45. The van der Waals surface area contributed by atoms with Gasteiger partial charge in [0, 0.05) is 13.6 Å². The minimum atomic E-state index is -0.536. The molecule has 0 radical (unpaired) electrons. The van der Waals surface area contributed by atoms with Gasteiger partial charge in [0.15, 0.2) is 0 Å². The summed E-state index contributed by atoms with van der Waals surface area (Å²) in [6.45, 7) is 4.74. The summed E-state index contributed by atoms with van der Waals surface area (Å²) in [4.78, 5) is 45.0. The largest absolute Gasteiger partial charge is 0.497 e. The Labute approximate surface area is 253 Å². The summed E-state index contributed by atoms with van der Waals surface area (Å²) in [7, 11) is 3.38. The molecule has 0 unspecified atom stereocenters. The summed E-state index contributed by atoms with van der Waals surface area (Å²) in [5, 5.41) is 4.04. The highest BCUT2D eigenvalue weighted by molar-refractivity contribution is 6.35. The molecule has 0 aliphatic carbocycles. The fourth-order valence-electron chi connectivity index (χ4n) is 5.36. The third-order valence-electron chi connectivity index (χ3n) is 7.48. The van der Waals surface area contributed by atoms with E-state index in [0.29, 0.717) is 57.8 Å². The molecule has 1 N–H and O–H groups in total. The molecule has 0 spiro atoms. The summed E-state index contributed by atoms with van der Waals surface area (Å²) in [5.74, 6) is 1.89. The molecule has 1 aliphatic rings. The van der Waals surface area contributed by atoms with E-state index < -0.39 is 6.04 Å². The summed E-state index contributed by atoms with van der Waals surface area (Å²) in [6.07, 6.45) is 1.44. The number of methoxy groups -OCH3 is 1. The van der Waals surface area contributed by atoms with Crippen molar-refractivity contribution in [3.63, 3.8) is 0 Å². The van der Waals surface area contributed by atoms with E-state index in [4.69, 9.17) is 21.3 Å². The topological polar surface area (TPSA) is 105 Å². The number of benzene rings is 3. The van der Waals surface area contributed by atoms with Gasteiger partial charge in [0.05, 0.1) is 41.4 Å². The van der Waals surface area contributed by atoms with E-state index in [1.54, 1.807) is 41.8 Å². The highest BCUT2D eigenvalue weighted by atomic mass is 35.5. The number of anilines is 2. The van der Waals surface area contributed by atoms with Gasteiger partial charge in [0.1, 0.15) is 35.1 Å². The standard InChI is InChI=1S/C32H30ClN7O3/c1-19-7-5-8-22(15-19)40-29(37-25-10-6-9-24(33)26(25)32(40)42)20(2)36-28-27-30(35-17-34-28)39(18-38(3)31(27)41)16-21-11-13-23(43-4)14-12-21/h5-15,17,20H,16,18H2,1-4H3,(H,34,35,36)/t20-/m0/s1. The lowest BCUT2D eigenvalue weighted by Gasteiger charge is -2.36. The van der Waals surface area contributed by atoms with Crippen LogP contribution in [-0.2, 0) is 6.54 Å². The van der Waals surface area contributed by atoms with E-state index in [1.807, 2.05) is 67.3 Å². The zero-order valence-corrected chi connectivity index (χ0v) is 25.0. The molecule has 43 heavy (non-hydrogen) atoms. The van der Waals surface area contributed by atoms with Gasteiger partial charge in [-0.3, -0.25) is 14.2 Å². The van der Waals surface area contributed by atoms with Gasteiger partial charge in [-0.05, 0) is 61.4 Å². The molecule has 0 bridgehead atoms. The number of hydrogen-bond donors (Lipinski definition) is 1. The number of aryl methyl sites for hydroxylation is 1. The van der Waals surface area contributed by atoms with Gasteiger partial charge in [-0.2, -0.15) is 0 Å². The molecule has 1 atom stereocenters. The fourth-order valence-corrected chi connectivity index (χ4v) is 5.61. The molecule has 0 saturated heterocycles. The number of fused-ring (bicyclic) bond motifs is 2. The number of nitrogens with one attached hydrogen (secondary N) is 1. The van der Waals surface area contributed by atoms with E-state index in [9.17, 15) is 9.59 Å². The van der Waals surface area contributed by atoms with Crippen LogP contribution in [0.25, 0.3) is 16.6 Å². The highest BCUT2D eigenvalue weighted by Crippen LogP contribution is 2.33. The summed E-state index contributed by atoms with van der Waals surface area (Å²) < 4.78 is 6.85. The second-order valence-corrected chi connectivity index (χ2v) is 11.0. The number of hydrogen-bond acceptors (Lipinski definition) is 8. The van der Waals surface area contributed by atoms with E-state index in [-0.39, 0.29) is 11.5 Å². The highest BCUT2D eigenvalue weighted by Gasteiger charge is 2.33. The molecule has 1 aliphatic heterocycles. The molecule has 3 aromatic carbocycles. The summed E-state index contributed by atoms with van der Waals surface area (Å²) in [6, 6.07) is 20.1. The van der Waals surface area contributed by atoms with Gasteiger partial charge < -0.3 is 19.9 Å². The first-order valence-corrected chi connectivity index (χ1v) is 14.2. The van der Waals surface area contributed by atoms with Crippen LogP contribution in [0.15, 0.2) is 77.9 Å². The van der Waals surface area contributed by atoms with Crippen LogP contribution >= 0.6 is 11.6 Å². The van der Waals surface area contributed by atoms with Crippen molar-refractivity contribution in [1.82, 2.24) is 24.4 Å². The molecule has 11 heteroatoms. The van der Waals surface area contributed by atoms with E-state index in [1.165, 1.54) is 6.33 Å². The average molecular weight is 596 g/mol. The van der Waals surface area contributed by atoms with Crippen LogP contribution in [0.4, 0.5) is 11.6 Å². The number of carbonyl (C=O) groups is 1. The van der Waals surface area contributed by atoms with Crippen LogP contribution in [0.2, 0.25) is 5.02 Å². The molecule has 0 fully saturated rings. The third kappa shape index (κ3) is 5.25. The Hall–Kier alpha value is -4.96. The Bertz CT molecular complexity index is 1910. The van der Waals surface area contributed by atoms with Gasteiger partial charge in [0.2, 0.25) is 0 Å². The lowest BCUT2D eigenvalue weighted by molar-refractivity contribution is 0.0781. The van der Waals surface area contributed by atoms with E-state index in [2.05, 4.69) is 15.3 Å².